The normalized spacial score (nSPS) is 11.4. The Bertz CT molecular complexity index is 1240. The molecule has 0 saturated heterocycles. The number of carbonyl (C=O) groups excluding carboxylic acids is 1. The maximum atomic E-state index is 12.6. The molecule has 1 aromatic carbocycles. The predicted octanol–water partition coefficient (Wildman–Crippen LogP) is 2.38. The molecule has 9 nitrogen and oxygen atoms in total. The number of aryl methyl sites for hydroxylation is 2. The molecule has 3 rings (SSSR count). The summed E-state index contributed by atoms with van der Waals surface area (Å²) in [4.78, 5) is 44.7. The summed E-state index contributed by atoms with van der Waals surface area (Å²) in [5, 5.41) is 2.95. The number of fused-ring (bicyclic) bond motifs is 1. The molecule has 0 atom stereocenters. The van der Waals surface area contributed by atoms with Gasteiger partial charge in [0.05, 0.1) is 6.61 Å². The van der Waals surface area contributed by atoms with Gasteiger partial charge in [0.25, 0.3) is 5.56 Å². The Balaban J connectivity index is 1.93. The molecule has 9 heteroatoms. The van der Waals surface area contributed by atoms with Crippen molar-refractivity contribution in [1.29, 1.82) is 0 Å². The Labute approximate surface area is 186 Å². The Morgan fingerprint density at radius 1 is 1.22 bits per heavy atom. The van der Waals surface area contributed by atoms with Crippen molar-refractivity contribution >= 4 is 22.8 Å². The standard InChI is InChI=1S/C23H31N5O4/c1-14(2)13-28-21-20(22(30)26-23(28)31)27(11-12-32-5)18(25-21)9-10-19(29)24-17-8-6-7-15(3)16(17)4/h6-8,14H,9-13H2,1-5H3,(H,24,29)(H,26,30,31). The number of benzene rings is 1. The van der Waals surface area contributed by atoms with Gasteiger partial charge in [-0.25, -0.2) is 9.78 Å². The van der Waals surface area contributed by atoms with Crippen LogP contribution in [-0.2, 0) is 29.0 Å². The number of methoxy groups -OCH3 is 1. The second-order valence-electron chi connectivity index (χ2n) is 8.40. The fraction of sp³-hybridized carbons (Fsp3) is 0.478. The van der Waals surface area contributed by atoms with Crippen molar-refractivity contribution in [2.24, 2.45) is 5.92 Å². The topological polar surface area (TPSA) is 111 Å². The zero-order chi connectivity index (χ0) is 23.4. The molecule has 0 bridgehead atoms. The molecule has 32 heavy (non-hydrogen) atoms. The van der Waals surface area contributed by atoms with Gasteiger partial charge in [-0.1, -0.05) is 26.0 Å². The minimum atomic E-state index is -0.486. The van der Waals surface area contributed by atoms with Gasteiger partial charge in [-0.05, 0) is 37.0 Å². The smallest absolute Gasteiger partial charge is 0.330 e. The van der Waals surface area contributed by atoms with Crippen LogP contribution in [0.2, 0.25) is 0 Å². The molecular weight excluding hydrogens is 410 g/mol. The van der Waals surface area contributed by atoms with E-state index in [1.807, 2.05) is 45.9 Å². The van der Waals surface area contributed by atoms with Crippen LogP contribution >= 0.6 is 0 Å². The van der Waals surface area contributed by atoms with Gasteiger partial charge in [-0.3, -0.25) is 19.1 Å². The number of amides is 1. The Hall–Kier alpha value is -3.20. The zero-order valence-corrected chi connectivity index (χ0v) is 19.3. The number of imidazole rings is 1. The first-order valence-corrected chi connectivity index (χ1v) is 10.8. The molecule has 172 valence electrons. The second-order valence-corrected chi connectivity index (χ2v) is 8.40. The molecule has 1 amide bonds. The van der Waals surface area contributed by atoms with Gasteiger partial charge in [-0.2, -0.15) is 0 Å². The fourth-order valence-corrected chi connectivity index (χ4v) is 3.69. The molecule has 0 fully saturated rings. The molecule has 0 aliphatic heterocycles. The summed E-state index contributed by atoms with van der Waals surface area (Å²) in [7, 11) is 1.58. The van der Waals surface area contributed by atoms with Crippen LogP contribution in [0.4, 0.5) is 5.69 Å². The molecule has 3 aromatic rings. The summed E-state index contributed by atoms with van der Waals surface area (Å²) < 4.78 is 8.44. The molecule has 2 aromatic heterocycles. The molecule has 0 spiro atoms. The third-order valence-corrected chi connectivity index (χ3v) is 5.49. The van der Waals surface area contributed by atoms with Gasteiger partial charge in [0.2, 0.25) is 5.91 Å². The van der Waals surface area contributed by atoms with Gasteiger partial charge >= 0.3 is 5.69 Å². The number of rotatable bonds is 9. The maximum Gasteiger partial charge on any atom is 0.330 e. The summed E-state index contributed by atoms with van der Waals surface area (Å²) in [6.45, 7) is 9.14. The van der Waals surface area contributed by atoms with Crippen molar-refractivity contribution in [2.75, 3.05) is 19.0 Å². The third-order valence-electron chi connectivity index (χ3n) is 5.49. The van der Waals surface area contributed by atoms with Gasteiger partial charge in [0.15, 0.2) is 11.2 Å². The van der Waals surface area contributed by atoms with Crippen molar-refractivity contribution in [1.82, 2.24) is 19.1 Å². The quantitative estimate of drug-likeness (QED) is 0.530. The second kappa shape index (κ2) is 9.95. The van der Waals surface area contributed by atoms with E-state index in [4.69, 9.17) is 4.74 Å². The average Bonchev–Trinajstić information content (AvgIpc) is 3.10. The lowest BCUT2D eigenvalue weighted by atomic mass is 10.1. The molecular formula is C23H31N5O4. The van der Waals surface area contributed by atoms with E-state index < -0.39 is 11.2 Å². The van der Waals surface area contributed by atoms with E-state index in [1.165, 1.54) is 4.57 Å². The zero-order valence-electron chi connectivity index (χ0n) is 19.3. The fourth-order valence-electron chi connectivity index (χ4n) is 3.69. The third kappa shape index (κ3) is 4.99. The number of hydrogen-bond acceptors (Lipinski definition) is 5. The lowest BCUT2D eigenvalue weighted by molar-refractivity contribution is -0.116. The Morgan fingerprint density at radius 3 is 2.66 bits per heavy atom. The molecule has 0 saturated carbocycles. The van der Waals surface area contributed by atoms with Crippen LogP contribution in [0.3, 0.4) is 0 Å². The van der Waals surface area contributed by atoms with Crippen molar-refractivity contribution in [3.8, 4) is 0 Å². The summed E-state index contributed by atoms with van der Waals surface area (Å²) in [6.07, 6.45) is 0.514. The minimum Gasteiger partial charge on any atom is -0.383 e. The predicted molar refractivity (Wildman–Crippen MR) is 124 cm³/mol. The van der Waals surface area contributed by atoms with Gasteiger partial charge in [0, 0.05) is 38.7 Å². The summed E-state index contributed by atoms with van der Waals surface area (Å²) in [5.74, 6) is 0.622. The van der Waals surface area contributed by atoms with Crippen LogP contribution in [0.5, 0.6) is 0 Å². The number of aromatic amines is 1. The number of aromatic nitrogens is 4. The van der Waals surface area contributed by atoms with Gasteiger partial charge in [-0.15, -0.1) is 0 Å². The number of nitrogens with one attached hydrogen (secondary N) is 2. The molecule has 2 N–H and O–H groups in total. The summed E-state index contributed by atoms with van der Waals surface area (Å²) >= 11 is 0. The Kier molecular flexibility index (Phi) is 7.29. The van der Waals surface area contributed by atoms with E-state index >= 15 is 0 Å². The summed E-state index contributed by atoms with van der Waals surface area (Å²) in [6, 6.07) is 5.78. The van der Waals surface area contributed by atoms with E-state index in [0.29, 0.717) is 43.1 Å². The highest BCUT2D eigenvalue weighted by Crippen LogP contribution is 2.19. The SMILES string of the molecule is COCCn1c(CCC(=O)Nc2cccc(C)c2C)nc2c1c(=O)[nH]c(=O)n2CC(C)C. The van der Waals surface area contributed by atoms with Crippen LogP contribution in [0, 0.1) is 19.8 Å². The van der Waals surface area contributed by atoms with E-state index in [9.17, 15) is 14.4 Å². The van der Waals surface area contributed by atoms with Crippen molar-refractivity contribution in [2.45, 2.75) is 53.6 Å². The number of hydrogen-bond donors (Lipinski definition) is 2. The van der Waals surface area contributed by atoms with Crippen LogP contribution < -0.4 is 16.6 Å². The number of anilines is 1. The van der Waals surface area contributed by atoms with E-state index in [2.05, 4.69) is 15.3 Å². The lowest BCUT2D eigenvalue weighted by Crippen LogP contribution is -2.32. The van der Waals surface area contributed by atoms with Crippen LogP contribution in [-0.4, -0.2) is 38.7 Å². The van der Waals surface area contributed by atoms with Crippen molar-refractivity contribution in [3.63, 3.8) is 0 Å². The van der Waals surface area contributed by atoms with Gasteiger partial charge in [0.1, 0.15) is 5.82 Å². The van der Waals surface area contributed by atoms with Crippen LogP contribution in [0.25, 0.3) is 11.2 Å². The van der Waals surface area contributed by atoms with E-state index in [0.717, 1.165) is 16.8 Å². The van der Waals surface area contributed by atoms with E-state index in [1.54, 1.807) is 11.7 Å². The van der Waals surface area contributed by atoms with E-state index in [-0.39, 0.29) is 18.2 Å². The first-order valence-electron chi connectivity index (χ1n) is 10.8. The monoisotopic (exact) mass is 441 g/mol. The van der Waals surface area contributed by atoms with Crippen molar-refractivity contribution in [3.05, 3.63) is 56.0 Å². The molecule has 2 heterocycles. The Morgan fingerprint density at radius 2 is 1.97 bits per heavy atom. The number of carbonyl (C=O) groups is 1. The van der Waals surface area contributed by atoms with Gasteiger partial charge < -0.3 is 14.6 Å². The summed E-state index contributed by atoms with van der Waals surface area (Å²) in [5.41, 5.74) is 2.61. The number of H-pyrrole nitrogens is 1. The largest absolute Gasteiger partial charge is 0.383 e. The average molecular weight is 442 g/mol. The molecule has 0 radical (unpaired) electrons. The maximum absolute atomic E-state index is 12.6. The molecule has 0 aliphatic rings. The number of ether oxygens (including phenoxy) is 1. The first-order chi connectivity index (χ1) is 15.2. The first kappa shape index (κ1) is 23.5. The highest BCUT2D eigenvalue weighted by atomic mass is 16.5. The lowest BCUT2D eigenvalue weighted by Gasteiger charge is -2.11. The highest BCUT2D eigenvalue weighted by Gasteiger charge is 2.19. The van der Waals surface area contributed by atoms with Crippen LogP contribution in [0.15, 0.2) is 27.8 Å². The molecule has 0 unspecified atom stereocenters. The minimum absolute atomic E-state index is 0.141. The van der Waals surface area contributed by atoms with Crippen molar-refractivity contribution < 1.29 is 9.53 Å². The number of nitrogens with zero attached hydrogens (tertiary/aromatic N) is 3. The van der Waals surface area contributed by atoms with Crippen LogP contribution in [0.1, 0.15) is 37.2 Å². The molecule has 0 aliphatic carbocycles. The highest BCUT2D eigenvalue weighted by molar-refractivity contribution is 5.91.